The van der Waals surface area contributed by atoms with E-state index in [-0.39, 0.29) is 16.8 Å². The molecular weight excluding hydrogens is 341 g/mol. The monoisotopic (exact) mass is 347 g/mol. The first-order valence-electron chi connectivity index (χ1n) is 4.95. The van der Waals surface area contributed by atoms with Crippen molar-refractivity contribution in [2.45, 2.75) is 6.92 Å². The molecule has 7 heteroatoms. The number of nitrogens with one attached hydrogen (secondary N) is 2. The van der Waals surface area contributed by atoms with Crippen LogP contribution in [-0.2, 0) is 0 Å². The van der Waals surface area contributed by atoms with Crippen LogP contribution in [0.2, 0.25) is 10.2 Å². The number of halogens is 3. The minimum Gasteiger partial charge on any atom is -0.340 e. The quantitative estimate of drug-likeness (QED) is 0.860. The van der Waals surface area contributed by atoms with Crippen molar-refractivity contribution >= 4 is 50.9 Å². The van der Waals surface area contributed by atoms with Crippen LogP contribution in [0.25, 0.3) is 0 Å². The summed E-state index contributed by atoms with van der Waals surface area (Å²) >= 11 is 14.8. The van der Waals surface area contributed by atoms with Gasteiger partial charge in [-0.05, 0) is 40.5 Å². The summed E-state index contributed by atoms with van der Waals surface area (Å²) in [5.41, 5.74) is 1.13. The van der Waals surface area contributed by atoms with Crippen molar-refractivity contribution in [1.29, 1.82) is 0 Å². The minimum atomic E-state index is -0.346. The van der Waals surface area contributed by atoms with Gasteiger partial charge in [0.2, 0.25) is 0 Å². The second-order valence-electron chi connectivity index (χ2n) is 3.62. The van der Waals surface area contributed by atoms with Crippen LogP contribution < -0.4 is 5.32 Å². The van der Waals surface area contributed by atoms with Crippen LogP contribution in [-0.4, -0.2) is 15.9 Å². The molecule has 1 amide bonds. The Labute approximate surface area is 122 Å². The summed E-state index contributed by atoms with van der Waals surface area (Å²) in [6, 6.07) is 3.32. The third-order valence-corrected chi connectivity index (χ3v) is 3.37. The highest BCUT2D eigenvalue weighted by Gasteiger charge is 2.13. The molecule has 0 bridgehead atoms. The molecule has 0 aliphatic rings. The largest absolute Gasteiger partial charge is 0.340 e. The lowest BCUT2D eigenvalue weighted by atomic mass is 10.3. The van der Waals surface area contributed by atoms with Crippen LogP contribution >= 0.6 is 39.1 Å². The van der Waals surface area contributed by atoms with Crippen LogP contribution in [0.5, 0.6) is 0 Å². The van der Waals surface area contributed by atoms with Gasteiger partial charge in [0, 0.05) is 10.7 Å². The fourth-order valence-corrected chi connectivity index (χ4v) is 2.13. The summed E-state index contributed by atoms with van der Waals surface area (Å²) in [5, 5.41) is 3.22. The first kappa shape index (κ1) is 13.4. The average Bonchev–Trinajstić information content (AvgIpc) is 2.63. The van der Waals surface area contributed by atoms with Crippen LogP contribution in [0, 0.1) is 6.92 Å². The number of amides is 1. The maximum absolute atomic E-state index is 11.9. The van der Waals surface area contributed by atoms with Crippen molar-refractivity contribution in [2.75, 3.05) is 5.32 Å². The smallest absolute Gasteiger partial charge is 0.273 e. The molecule has 2 rings (SSSR count). The molecule has 0 aliphatic heterocycles. The zero-order chi connectivity index (χ0) is 13.3. The van der Waals surface area contributed by atoms with E-state index in [1.807, 2.05) is 13.0 Å². The van der Waals surface area contributed by atoms with E-state index in [9.17, 15) is 4.79 Å². The Bertz CT molecular complexity index is 593. The van der Waals surface area contributed by atoms with E-state index in [0.717, 1.165) is 10.0 Å². The number of nitrogens with zero attached hydrogens (tertiary/aromatic N) is 1. The standard InChI is InChI=1S/C11H8BrCl2N3O/c1-5-2-6(12)4-15-10(5)17-11(18)8-3-7(13)9(14)16-8/h2-4,16H,1H3,(H,15,17,18). The molecule has 0 fully saturated rings. The molecular formula is C11H8BrCl2N3O. The molecule has 2 aromatic heterocycles. The van der Waals surface area contributed by atoms with Gasteiger partial charge >= 0.3 is 0 Å². The Balaban J connectivity index is 2.21. The van der Waals surface area contributed by atoms with Gasteiger partial charge in [0.25, 0.3) is 5.91 Å². The highest BCUT2D eigenvalue weighted by molar-refractivity contribution is 9.10. The van der Waals surface area contributed by atoms with E-state index in [4.69, 9.17) is 23.2 Å². The minimum absolute atomic E-state index is 0.238. The molecule has 2 heterocycles. The number of aryl methyl sites for hydroxylation is 1. The Morgan fingerprint density at radius 1 is 1.44 bits per heavy atom. The van der Waals surface area contributed by atoms with Crippen molar-refractivity contribution in [3.05, 3.63) is 44.2 Å². The van der Waals surface area contributed by atoms with Crippen LogP contribution in [0.4, 0.5) is 5.82 Å². The van der Waals surface area contributed by atoms with Gasteiger partial charge in [-0.2, -0.15) is 0 Å². The summed E-state index contributed by atoms with van der Waals surface area (Å²) in [7, 11) is 0. The van der Waals surface area contributed by atoms with Crippen LogP contribution in [0.1, 0.15) is 16.1 Å². The van der Waals surface area contributed by atoms with Gasteiger partial charge in [0.05, 0.1) is 5.02 Å². The number of carbonyl (C=O) groups is 1. The molecule has 0 saturated heterocycles. The topological polar surface area (TPSA) is 57.8 Å². The molecule has 2 N–H and O–H groups in total. The molecule has 0 atom stereocenters. The van der Waals surface area contributed by atoms with Crippen molar-refractivity contribution in [1.82, 2.24) is 9.97 Å². The Kier molecular flexibility index (Phi) is 3.94. The molecule has 0 aromatic carbocycles. The van der Waals surface area contributed by atoms with E-state index in [1.165, 1.54) is 6.07 Å². The number of aromatic nitrogens is 2. The third kappa shape index (κ3) is 2.85. The molecule has 0 spiro atoms. The molecule has 0 saturated carbocycles. The van der Waals surface area contributed by atoms with E-state index in [1.54, 1.807) is 6.20 Å². The van der Waals surface area contributed by atoms with Gasteiger partial charge in [-0.1, -0.05) is 23.2 Å². The number of carbonyl (C=O) groups excluding carboxylic acids is 1. The zero-order valence-corrected chi connectivity index (χ0v) is 12.3. The van der Waals surface area contributed by atoms with Crippen LogP contribution in [0.3, 0.4) is 0 Å². The lowest BCUT2D eigenvalue weighted by Crippen LogP contribution is -2.14. The summed E-state index contributed by atoms with van der Waals surface area (Å²) in [4.78, 5) is 18.7. The fourth-order valence-electron chi connectivity index (χ4n) is 1.37. The number of H-pyrrole nitrogens is 1. The second-order valence-corrected chi connectivity index (χ2v) is 5.32. The van der Waals surface area contributed by atoms with Gasteiger partial charge in [0.1, 0.15) is 16.7 Å². The number of aromatic amines is 1. The van der Waals surface area contributed by atoms with E-state index in [2.05, 4.69) is 31.2 Å². The number of anilines is 1. The van der Waals surface area contributed by atoms with Gasteiger partial charge in [-0.3, -0.25) is 4.79 Å². The normalized spacial score (nSPS) is 10.4. The first-order valence-corrected chi connectivity index (χ1v) is 6.50. The van der Waals surface area contributed by atoms with Crippen molar-refractivity contribution in [3.63, 3.8) is 0 Å². The Morgan fingerprint density at radius 3 is 2.72 bits per heavy atom. The summed E-state index contributed by atoms with van der Waals surface area (Å²) < 4.78 is 0.851. The Hall–Kier alpha value is -1.04. The second kappa shape index (κ2) is 5.30. The molecule has 2 aromatic rings. The lowest BCUT2D eigenvalue weighted by Gasteiger charge is -2.06. The van der Waals surface area contributed by atoms with Gasteiger partial charge in [0.15, 0.2) is 0 Å². The summed E-state index contributed by atoms with van der Waals surface area (Å²) in [6.07, 6.45) is 1.61. The van der Waals surface area contributed by atoms with E-state index < -0.39 is 0 Å². The molecule has 0 radical (unpaired) electrons. The lowest BCUT2D eigenvalue weighted by molar-refractivity contribution is 0.102. The third-order valence-electron chi connectivity index (χ3n) is 2.25. The highest BCUT2D eigenvalue weighted by Crippen LogP contribution is 2.23. The number of hydrogen-bond acceptors (Lipinski definition) is 2. The van der Waals surface area contributed by atoms with Crippen molar-refractivity contribution < 1.29 is 4.79 Å². The number of rotatable bonds is 2. The molecule has 0 aliphatic carbocycles. The fraction of sp³-hybridized carbons (Fsp3) is 0.0909. The zero-order valence-electron chi connectivity index (χ0n) is 9.22. The molecule has 0 unspecified atom stereocenters. The maximum atomic E-state index is 11.9. The van der Waals surface area contributed by atoms with Crippen molar-refractivity contribution in [3.8, 4) is 0 Å². The van der Waals surface area contributed by atoms with E-state index >= 15 is 0 Å². The van der Waals surface area contributed by atoms with Gasteiger partial charge in [-0.25, -0.2) is 4.98 Å². The maximum Gasteiger partial charge on any atom is 0.273 e. The Morgan fingerprint density at radius 2 is 2.17 bits per heavy atom. The average molecular weight is 349 g/mol. The van der Waals surface area contributed by atoms with Gasteiger partial charge < -0.3 is 10.3 Å². The van der Waals surface area contributed by atoms with Crippen LogP contribution in [0.15, 0.2) is 22.8 Å². The highest BCUT2D eigenvalue weighted by atomic mass is 79.9. The number of hydrogen-bond donors (Lipinski definition) is 2. The van der Waals surface area contributed by atoms with Gasteiger partial charge in [-0.15, -0.1) is 0 Å². The first-order chi connectivity index (χ1) is 8.47. The summed E-state index contributed by atoms with van der Waals surface area (Å²) in [5.74, 6) is 0.145. The SMILES string of the molecule is Cc1cc(Br)cnc1NC(=O)c1cc(Cl)c(Cl)[nH]1. The number of pyridine rings is 1. The predicted molar refractivity (Wildman–Crippen MR) is 75.4 cm³/mol. The molecule has 4 nitrogen and oxygen atoms in total. The summed E-state index contributed by atoms with van der Waals surface area (Å²) in [6.45, 7) is 1.85. The molecule has 94 valence electrons. The van der Waals surface area contributed by atoms with E-state index in [0.29, 0.717) is 10.8 Å². The predicted octanol–water partition coefficient (Wildman–Crippen LogP) is 4.04. The molecule has 18 heavy (non-hydrogen) atoms. The van der Waals surface area contributed by atoms with Crippen molar-refractivity contribution in [2.24, 2.45) is 0 Å².